The minimum atomic E-state index is -0.00290. The van der Waals surface area contributed by atoms with Crippen LogP contribution in [0.3, 0.4) is 0 Å². The Morgan fingerprint density at radius 2 is 1.92 bits per heavy atom. The summed E-state index contributed by atoms with van der Waals surface area (Å²) in [5, 5.41) is 4.07. The fourth-order valence-corrected chi connectivity index (χ4v) is 3.03. The molecule has 0 fully saturated rings. The molecule has 25 heavy (non-hydrogen) atoms. The van der Waals surface area contributed by atoms with Crippen molar-refractivity contribution in [1.82, 2.24) is 10.3 Å². The number of benzene rings is 2. The minimum Gasteiger partial charge on any atom is -0.490 e. The Balaban J connectivity index is 1.39. The molecule has 0 atom stereocenters. The van der Waals surface area contributed by atoms with Gasteiger partial charge in [-0.25, -0.2) is 0 Å². The smallest absolute Gasteiger partial charge is 0.224 e. The van der Waals surface area contributed by atoms with Gasteiger partial charge in [0.15, 0.2) is 11.5 Å². The van der Waals surface area contributed by atoms with Crippen molar-refractivity contribution in [3.63, 3.8) is 0 Å². The van der Waals surface area contributed by atoms with Gasteiger partial charge >= 0.3 is 0 Å². The Kier molecular flexibility index (Phi) is 4.29. The molecule has 5 heteroatoms. The van der Waals surface area contributed by atoms with Crippen LogP contribution in [-0.4, -0.2) is 24.1 Å². The number of carbonyl (C=O) groups excluding carboxylic acids is 1. The van der Waals surface area contributed by atoms with Crippen LogP contribution >= 0.6 is 0 Å². The second-order valence-electron chi connectivity index (χ2n) is 6.14. The van der Waals surface area contributed by atoms with Gasteiger partial charge in [-0.05, 0) is 29.3 Å². The summed E-state index contributed by atoms with van der Waals surface area (Å²) in [6, 6.07) is 13.8. The average Bonchev–Trinajstić information content (AvgIpc) is 2.88. The van der Waals surface area contributed by atoms with Crippen molar-refractivity contribution in [1.29, 1.82) is 0 Å². The first-order valence-corrected chi connectivity index (χ1v) is 8.50. The predicted molar refractivity (Wildman–Crippen MR) is 95.9 cm³/mol. The number of hydrogen-bond acceptors (Lipinski definition) is 3. The number of aromatic nitrogens is 1. The Morgan fingerprint density at radius 1 is 1.08 bits per heavy atom. The molecule has 0 saturated carbocycles. The summed E-state index contributed by atoms with van der Waals surface area (Å²) >= 11 is 0. The van der Waals surface area contributed by atoms with Gasteiger partial charge in [0.05, 0.1) is 19.6 Å². The van der Waals surface area contributed by atoms with E-state index in [1.165, 1.54) is 0 Å². The van der Waals surface area contributed by atoms with Gasteiger partial charge in [-0.1, -0.05) is 24.3 Å². The summed E-state index contributed by atoms with van der Waals surface area (Å²) in [6.07, 6.45) is 3.14. The molecule has 2 heterocycles. The molecule has 0 bridgehead atoms. The van der Waals surface area contributed by atoms with Crippen molar-refractivity contribution >= 4 is 16.8 Å². The molecule has 1 aliphatic rings. The number of hydrogen-bond donors (Lipinski definition) is 2. The molecule has 0 radical (unpaired) electrons. The van der Waals surface area contributed by atoms with Crippen LogP contribution in [0, 0.1) is 0 Å². The second kappa shape index (κ2) is 6.89. The molecule has 5 nitrogen and oxygen atoms in total. The fourth-order valence-electron chi connectivity index (χ4n) is 3.03. The molecular weight excluding hydrogens is 316 g/mol. The van der Waals surface area contributed by atoms with Crippen molar-refractivity contribution in [3.05, 3.63) is 59.8 Å². The number of H-pyrrole nitrogens is 1. The number of carbonyl (C=O) groups is 1. The zero-order chi connectivity index (χ0) is 17.1. The normalized spacial score (nSPS) is 13.4. The molecule has 0 spiro atoms. The van der Waals surface area contributed by atoms with Gasteiger partial charge in [-0.2, -0.15) is 0 Å². The van der Waals surface area contributed by atoms with Crippen LogP contribution in [0.4, 0.5) is 0 Å². The van der Waals surface area contributed by atoms with Gasteiger partial charge in [-0.3, -0.25) is 4.79 Å². The molecule has 1 aliphatic heterocycles. The van der Waals surface area contributed by atoms with Gasteiger partial charge in [0.2, 0.25) is 5.91 Å². The van der Waals surface area contributed by atoms with E-state index in [9.17, 15) is 4.79 Å². The molecule has 0 unspecified atom stereocenters. The van der Waals surface area contributed by atoms with Crippen molar-refractivity contribution in [3.8, 4) is 11.5 Å². The highest BCUT2D eigenvalue weighted by atomic mass is 16.5. The quantitative estimate of drug-likeness (QED) is 0.769. The summed E-state index contributed by atoms with van der Waals surface area (Å²) in [5.41, 5.74) is 3.05. The number of para-hydroxylation sites is 1. The lowest BCUT2D eigenvalue weighted by Gasteiger charge is -2.10. The van der Waals surface area contributed by atoms with Crippen LogP contribution in [0.2, 0.25) is 0 Å². The zero-order valence-electron chi connectivity index (χ0n) is 13.9. The van der Waals surface area contributed by atoms with Crippen LogP contribution in [0.1, 0.15) is 17.5 Å². The van der Waals surface area contributed by atoms with Crippen LogP contribution in [0.15, 0.2) is 48.7 Å². The maximum Gasteiger partial charge on any atom is 0.224 e. The number of ether oxygens (including phenoxy) is 2. The molecule has 0 saturated heterocycles. The molecule has 128 valence electrons. The molecule has 2 aromatic carbocycles. The summed E-state index contributed by atoms with van der Waals surface area (Å²) in [4.78, 5) is 15.5. The van der Waals surface area contributed by atoms with Crippen LogP contribution < -0.4 is 14.8 Å². The van der Waals surface area contributed by atoms with E-state index in [4.69, 9.17) is 9.47 Å². The first kappa shape index (κ1) is 15.6. The van der Waals surface area contributed by atoms with Crippen LogP contribution in [0.5, 0.6) is 11.5 Å². The summed E-state index contributed by atoms with van der Waals surface area (Å²) in [6.45, 7) is 1.80. The average molecular weight is 336 g/mol. The summed E-state index contributed by atoms with van der Waals surface area (Å²) in [7, 11) is 0. The molecule has 2 N–H and O–H groups in total. The van der Waals surface area contributed by atoms with E-state index in [-0.39, 0.29) is 5.91 Å². The SMILES string of the molecule is O=C(Cc1c[nH]c2ccccc12)NCc1ccc2c(c1)OCCCO2. The van der Waals surface area contributed by atoms with Gasteiger partial charge in [0, 0.05) is 30.1 Å². The molecule has 1 aromatic heterocycles. The third-order valence-electron chi connectivity index (χ3n) is 4.33. The Labute approximate surface area is 146 Å². The third kappa shape index (κ3) is 3.45. The van der Waals surface area contributed by atoms with Gasteiger partial charge in [-0.15, -0.1) is 0 Å². The maximum absolute atomic E-state index is 12.3. The first-order chi connectivity index (χ1) is 12.3. The lowest BCUT2D eigenvalue weighted by Crippen LogP contribution is -2.24. The van der Waals surface area contributed by atoms with E-state index in [1.54, 1.807) is 0 Å². The lowest BCUT2D eigenvalue weighted by atomic mass is 10.1. The number of fused-ring (bicyclic) bond motifs is 2. The third-order valence-corrected chi connectivity index (χ3v) is 4.33. The number of nitrogens with one attached hydrogen (secondary N) is 2. The molecule has 3 aromatic rings. The van der Waals surface area contributed by atoms with Crippen molar-refractivity contribution in [2.24, 2.45) is 0 Å². The van der Waals surface area contributed by atoms with E-state index >= 15 is 0 Å². The molecule has 1 amide bonds. The summed E-state index contributed by atoms with van der Waals surface area (Å²) < 4.78 is 11.3. The monoisotopic (exact) mass is 336 g/mol. The first-order valence-electron chi connectivity index (χ1n) is 8.50. The van der Waals surface area contributed by atoms with Crippen molar-refractivity contribution < 1.29 is 14.3 Å². The van der Waals surface area contributed by atoms with E-state index in [1.807, 2.05) is 48.7 Å². The minimum absolute atomic E-state index is 0.00290. The highest BCUT2D eigenvalue weighted by molar-refractivity contribution is 5.88. The fraction of sp³-hybridized carbons (Fsp3) is 0.250. The topological polar surface area (TPSA) is 63.4 Å². The van der Waals surface area contributed by atoms with E-state index in [0.29, 0.717) is 26.2 Å². The van der Waals surface area contributed by atoms with Gasteiger partial charge in [0.1, 0.15) is 0 Å². The van der Waals surface area contributed by atoms with Crippen LogP contribution in [-0.2, 0) is 17.8 Å². The van der Waals surface area contributed by atoms with E-state index in [2.05, 4.69) is 10.3 Å². The second-order valence-corrected chi connectivity index (χ2v) is 6.14. The van der Waals surface area contributed by atoms with E-state index in [0.717, 1.165) is 39.9 Å². The molecule has 0 aliphatic carbocycles. The van der Waals surface area contributed by atoms with Crippen molar-refractivity contribution in [2.45, 2.75) is 19.4 Å². The largest absolute Gasteiger partial charge is 0.490 e. The lowest BCUT2D eigenvalue weighted by molar-refractivity contribution is -0.120. The number of rotatable bonds is 4. The predicted octanol–water partition coefficient (Wildman–Crippen LogP) is 3.19. The Bertz CT molecular complexity index is 901. The highest BCUT2D eigenvalue weighted by Crippen LogP contribution is 2.30. The molecular formula is C20H20N2O3. The van der Waals surface area contributed by atoms with Crippen molar-refractivity contribution in [2.75, 3.05) is 13.2 Å². The molecule has 4 rings (SSSR count). The Hall–Kier alpha value is -2.95. The maximum atomic E-state index is 12.3. The summed E-state index contributed by atoms with van der Waals surface area (Å²) in [5.74, 6) is 1.52. The van der Waals surface area contributed by atoms with Gasteiger partial charge < -0.3 is 19.8 Å². The Morgan fingerprint density at radius 3 is 2.84 bits per heavy atom. The van der Waals surface area contributed by atoms with Gasteiger partial charge in [0.25, 0.3) is 0 Å². The number of amides is 1. The highest BCUT2D eigenvalue weighted by Gasteiger charge is 2.12. The van der Waals surface area contributed by atoms with Crippen LogP contribution in [0.25, 0.3) is 10.9 Å². The number of aromatic amines is 1. The standard InChI is InChI=1S/C20H20N2O3/c23-20(11-15-13-21-17-5-2-1-4-16(15)17)22-12-14-6-7-18-19(10-14)25-9-3-8-24-18/h1-2,4-7,10,13,21H,3,8-9,11-12H2,(H,22,23). The van der Waals surface area contributed by atoms with E-state index < -0.39 is 0 Å². The zero-order valence-corrected chi connectivity index (χ0v) is 13.9.